The number of aromatic nitrogens is 1. The van der Waals surface area contributed by atoms with Crippen LogP contribution in [0.5, 0.6) is 0 Å². The molecule has 6 heteroatoms. The Kier molecular flexibility index (Phi) is 5.05. The Bertz CT molecular complexity index is 696. The van der Waals surface area contributed by atoms with E-state index in [1.807, 2.05) is 25.1 Å². The smallest absolute Gasteiger partial charge is 0.318 e. The standard InChI is InChI=1S/C18H20FN3O2/c1-13(15-5-3-7-20-11-15)21-18(23)22-8-9-24-17(12-22)14-4-2-6-16(19)10-14/h2-7,10-11,13,17H,8-9,12H2,1H3,(H,21,23)/t13-,17-/m0/s1. The predicted octanol–water partition coefficient (Wildman–Crippen LogP) is 3.06. The van der Waals surface area contributed by atoms with Gasteiger partial charge in [-0.15, -0.1) is 0 Å². The van der Waals surface area contributed by atoms with E-state index in [2.05, 4.69) is 10.3 Å². The fraction of sp³-hybridized carbons (Fsp3) is 0.333. The van der Waals surface area contributed by atoms with Gasteiger partial charge < -0.3 is 15.0 Å². The lowest BCUT2D eigenvalue weighted by Gasteiger charge is -2.34. The second-order valence-electron chi connectivity index (χ2n) is 5.82. The number of morpholine rings is 1. The topological polar surface area (TPSA) is 54.5 Å². The van der Waals surface area contributed by atoms with Gasteiger partial charge in [-0.05, 0) is 36.2 Å². The molecule has 2 aromatic rings. The molecule has 126 valence electrons. The molecule has 1 aliphatic heterocycles. The lowest BCUT2D eigenvalue weighted by atomic mass is 10.1. The van der Waals surface area contributed by atoms with E-state index in [1.54, 1.807) is 23.4 Å². The van der Waals surface area contributed by atoms with Crippen molar-refractivity contribution < 1.29 is 13.9 Å². The largest absolute Gasteiger partial charge is 0.370 e. The van der Waals surface area contributed by atoms with Crippen molar-refractivity contribution in [1.29, 1.82) is 0 Å². The van der Waals surface area contributed by atoms with Crippen LogP contribution >= 0.6 is 0 Å². The van der Waals surface area contributed by atoms with Crippen molar-refractivity contribution in [3.8, 4) is 0 Å². The van der Waals surface area contributed by atoms with E-state index in [9.17, 15) is 9.18 Å². The highest BCUT2D eigenvalue weighted by molar-refractivity contribution is 5.74. The molecule has 24 heavy (non-hydrogen) atoms. The molecule has 1 N–H and O–H groups in total. The summed E-state index contributed by atoms with van der Waals surface area (Å²) < 4.78 is 19.1. The number of hydrogen-bond acceptors (Lipinski definition) is 3. The maximum Gasteiger partial charge on any atom is 0.318 e. The van der Waals surface area contributed by atoms with Crippen LogP contribution in [0.2, 0.25) is 0 Å². The molecule has 2 atom stereocenters. The molecule has 0 unspecified atom stereocenters. The first-order valence-electron chi connectivity index (χ1n) is 7.96. The lowest BCUT2D eigenvalue weighted by Crippen LogP contribution is -2.47. The van der Waals surface area contributed by atoms with Crippen LogP contribution in [0, 0.1) is 5.82 Å². The molecule has 1 aromatic heterocycles. The van der Waals surface area contributed by atoms with Crippen molar-refractivity contribution in [2.24, 2.45) is 0 Å². The van der Waals surface area contributed by atoms with E-state index in [0.29, 0.717) is 19.7 Å². The normalized spacial score (nSPS) is 18.9. The summed E-state index contributed by atoms with van der Waals surface area (Å²) in [6.07, 6.45) is 3.12. The fourth-order valence-corrected chi connectivity index (χ4v) is 2.73. The van der Waals surface area contributed by atoms with Crippen LogP contribution in [-0.2, 0) is 4.74 Å². The van der Waals surface area contributed by atoms with Crippen molar-refractivity contribution in [1.82, 2.24) is 15.2 Å². The Morgan fingerprint density at radius 1 is 1.42 bits per heavy atom. The number of pyridine rings is 1. The highest BCUT2D eigenvalue weighted by atomic mass is 19.1. The van der Waals surface area contributed by atoms with E-state index in [-0.39, 0.29) is 24.0 Å². The van der Waals surface area contributed by atoms with Gasteiger partial charge in [-0.2, -0.15) is 0 Å². The zero-order valence-electron chi connectivity index (χ0n) is 13.5. The van der Waals surface area contributed by atoms with E-state index in [1.165, 1.54) is 12.1 Å². The van der Waals surface area contributed by atoms with Gasteiger partial charge in [0.05, 0.1) is 19.2 Å². The molecule has 0 aliphatic carbocycles. The molecule has 5 nitrogen and oxygen atoms in total. The van der Waals surface area contributed by atoms with Gasteiger partial charge in [0, 0.05) is 18.9 Å². The van der Waals surface area contributed by atoms with Gasteiger partial charge in [-0.3, -0.25) is 4.98 Å². The third-order valence-corrected chi connectivity index (χ3v) is 4.10. The third kappa shape index (κ3) is 3.89. The summed E-state index contributed by atoms with van der Waals surface area (Å²) in [7, 11) is 0. The number of rotatable bonds is 3. The first-order valence-corrected chi connectivity index (χ1v) is 7.96. The van der Waals surface area contributed by atoms with Crippen molar-refractivity contribution in [3.63, 3.8) is 0 Å². The van der Waals surface area contributed by atoms with Crippen molar-refractivity contribution in [2.75, 3.05) is 19.7 Å². The van der Waals surface area contributed by atoms with Crippen molar-refractivity contribution in [2.45, 2.75) is 19.1 Å². The molecule has 2 heterocycles. The quantitative estimate of drug-likeness (QED) is 0.941. The first kappa shape index (κ1) is 16.4. The van der Waals surface area contributed by atoms with E-state index in [0.717, 1.165) is 11.1 Å². The van der Waals surface area contributed by atoms with Gasteiger partial charge in [0.15, 0.2) is 0 Å². The van der Waals surface area contributed by atoms with Crippen LogP contribution in [-0.4, -0.2) is 35.6 Å². The predicted molar refractivity (Wildman–Crippen MR) is 87.8 cm³/mol. The van der Waals surface area contributed by atoms with Crippen LogP contribution in [0.25, 0.3) is 0 Å². The van der Waals surface area contributed by atoms with Crippen molar-refractivity contribution in [3.05, 3.63) is 65.7 Å². The monoisotopic (exact) mass is 329 g/mol. The molecule has 1 saturated heterocycles. The number of benzene rings is 1. The van der Waals surface area contributed by atoms with Gasteiger partial charge >= 0.3 is 6.03 Å². The highest BCUT2D eigenvalue weighted by Crippen LogP contribution is 2.23. The summed E-state index contributed by atoms with van der Waals surface area (Å²) in [6, 6.07) is 9.78. The Balaban J connectivity index is 1.63. The molecule has 1 aliphatic rings. The van der Waals surface area contributed by atoms with E-state index in [4.69, 9.17) is 4.74 Å². The number of ether oxygens (including phenoxy) is 1. The summed E-state index contributed by atoms with van der Waals surface area (Å²) in [4.78, 5) is 18.3. The molecule has 1 fully saturated rings. The average molecular weight is 329 g/mol. The number of nitrogens with zero attached hydrogens (tertiary/aromatic N) is 2. The summed E-state index contributed by atoms with van der Waals surface area (Å²) in [5.41, 5.74) is 1.69. The number of halogens is 1. The Hall–Kier alpha value is -2.47. The Morgan fingerprint density at radius 3 is 3.04 bits per heavy atom. The average Bonchev–Trinajstić information content (AvgIpc) is 2.62. The summed E-state index contributed by atoms with van der Waals surface area (Å²) in [6.45, 7) is 3.25. The van der Waals surface area contributed by atoms with Gasteiger partial charge in [0.25, 0.3) is 0 Å². The van der Waals surface area contributed by atoms with Crippen LogP contribution in [0.3, 0.4) is 0 Å². The Morgan fingerprint density at radius 2 is 2.29 bits per heavy atom. The molecule has 0 spiro atoms. The molecule has 2 amide bonds. The number of hydrogen-bond donors (Lipinski definition) is 1. The van der Waals surface area contributed by atoms with Gasteiger partial charge in [0.2, 0.25) is 0 Å². The number of urea groups is 1. The molecular weight excluding hydrogens is 309 g/mol. The van der Waals surface area contributed by atoms with Gasteiger partial charge in [-0.1, -0.05) is 18.2 Å². The summed E-state index contributed by atoms with van der Waals surface area (Å²) >= 11 is 0. The second kappa shape index (κ2) is 7.40. The minimum atomic E-state index is -0.311. The second-order valence-corrected chi connectivity index (χ2v) is 5.82. The number of amides is 2. The lowest BCUT2D eigenvalue weighted by molar-refractivity contribution is -0.0158. The van der Waals surface area contributed by atoms with Crippen LogP contribution < -0.4 is 5.32 Å². The zero-order chi connectivity index (χ0) is 16.9. The zero-order valence-corrected chi connectivity index (χ0v) is 13.5. The van der Waals surface area contributed by atoms with Crippen molar-refractivity contribution >= 4 is 6.03 Å². The number of nitrogens with one attached hydrogen (secondary N) is 1. The first-order chi connectivity index (χ1) is 11.6. The maximum absolute atomic E-state index is 13.4. The number of carbonyl (C=O) groups excluding carboxylic acids is 1. The highest BCUT2D eigenvalue weighted by Gasteiger charge is 2.26. The molecule has 0 bridgehead atoms. The maximum atomic E-state index is 13.4. The van der Waals surface area contributed by atoms with Crippen LogP contribution in [0.1, 0.15) is 30.2 Å². The van der Waals surface area contributed by atoms with Gasteiger partial charge in [-0.25, -0.2) is 9.18 Å². The van der Waals surface area contributed by atoms with E-state index < -0.39 is 0 Å². The minimum Gasteiger partial charge on any atom is -0.370 e. The summed E-state index contributed by atoms with van der Waals surface area (Å²) in [5.74, 6) is -0.303. The molecular formula is C18H20FN3O2. The fourth-order valence-electron chi connectivity index (χ4n) is 2.73. The SMILES string of the molecule is C[C@H](NC(=O)N1CCO[C@H](c2cccc(F)c2)C1)c1cccnc1. The summed E-state index contributed by atoms with van der Waals surface area (Å²) in [5, 5.41) is 2.97. The third-order valence-electron chi connectivity index (χ3n) is 4.10. The molecule has 1 aromatic carbocycles. The molecule has 0 radical (unpaired) electrons. The molecule has 3 rings (SSSR count). The van der Waals surface area contributed by atoms with E-state index >= 15 is 0 Å². The van der Waals surface area contributed by atoms with Crippen LogP contribution in [0.15, 0.2) is 48.8 Å². The van der Waals surface area contributed by atoms with Gasteiger partial charge in [0.1, 0.15) is 11.9 Å². The minimum absolute atomic E-state index is 0.137. The Labute approximate surface area is 140 Å². The number of carbonyl (C=O) groups is 1. The molecule has 0 saturated carbocycles. The van der Waals surface area contributed by atoms with Crippen LogP contribution in [0.4, 0.5) is 9.18 Å².